The summed E-state index contributed by atoms with van der Waals surface area (Å²) in [6, 6.07) is 4.34. The average molecular weight is 284 g/mol. The van der Waals surface area contributed by atoms with Crippen LogP contribution in [-0.2, 0) is 9.84 Å². The van der Waals surface area contributed by atoms with Crippen LogP contribution in [0.3, 0.4) is 0 Å². The molecule has 0 aromatic heterocycles. The minimum Gasteiger partial charge on any atom is -0.314 e. The Labute approximate surface area is 112 Å². The Morgan fingerprint density at radius 2 is 2.05 bits per heavy atom. The molecule has 4 nitrogen and oxygen atoms in total. The molecule has 19 heavy (non-hydrogen) atoms. The molecule has 1 aromatic carbocycles. The molecule has 104 valence electrons. The number of benzene rings is 1. The predicted octanol–water partition coefficient (Wildman–Crippen LogP) is 0.602. The second-order valence-corrected chi connectivity index (χ2v) is 7.18. The van der Waals surface area contributed by atoms with Crippen LogP contribution in [0.25, 0.3) is 0 Å². The molecule has 2 heterocycles. The zero-order valence-electron chi connectivity index (χ0n) is 10.6. The minimum absolute atomic E-state index is 0.0349. The summed E-state index contributed by atoms with van der Waals surface area (Å²) in [5.41, 5.74) is 0.390. The first-order valence-corrected chi connectivity index (χ1v) is 8.17. The van der Waals surface area contributed by atoms with Gasteiger partial charge in [0.05, 0.1) is 10.6 Å². The third-order valence-corrected chi connectivity index (χ3v) is 5.73. The van der Waals surface area contributed by atoms with Crippen molar-refractivity contribution in [1.29, 1.82) is 0 Å². The zero-order chi connectivity index (χ0) is 13.5. The van der Waals surface area contributed by atoms with Crippen LogP contribution in [0.1, 0.15) is 11.5 Å². The standard InChI is InChI=1S/C13H17FN2O2S/c14-11-2-1-3-12-13(11)10(9-19(12,17)18)8-16-6-4-15-5-7-16/h1-3,10,15H,4-9H2. The number of hydrogen-bond acceptors (Lipinski definition) is 4. The Kier molecular flexibility index (Phi) is 3.32. The maximum Gasteiger partial charge on any atom is 0.179 e. The molecule has 6 heteroatoms. The van der Waals surface area contributed by atoms with Gasteiger partial charge in [-0.15, -0.1) is 0 Å². The molecular weight excluding hydrogens is 267 g/mol. The molecule has 2 aliphatic rings. The van der Waals surface area contributed by atoms with Crippen molar-refractivity contribution in [2.45, 2.75) is 10.8 Å². The van der Waals surface area contributed by atoms with E-state index in [2.05, 4.69) is 10.2 Å². The molecular formula is C13H17FN2O2S. The van der Waals surface area contributed by atoms with Gasteiger partial charge in [0.25, 0.3) is 0 Å². The van der Waals surface area contributed by atoms with E-state index in [4.69, 9.17) is 0 Å². The van der Waals surface area contributed by atoms with Gasteiger partial charge in [-0.2, -0.15) is 0 Å². The Morgan fingerprint density at radius 3 is 2.79 bits per heavy atom. The van der Waals surface area contributed by atoms with Gasteiger partial charge in [-0.25, -0.2) is 12.8 Å². The number of nitrogens with one attached hydrogen (secondary N) is 1. The van der Waals surface area contributed by atoms with Gasteiger partial charge >= 0.3 is 0 Å². The number of fused-ring (bicyclic) bond motifs is 1. The molecule has 3 rings (SSSR count). The van der Waals surface area contributed by atoms with Gasteiger partial charge in [-0.3, -0.25) is 0 Å². The lowest BCUT2D eigenvalue weighted by Crippen LogP contribution is -2.45. The zero-order valence-corrected chi connectivity index (χ0v) is 11.4. The summed E-state index contributed by atoms with van der Waals surface area (Å²) >= 11 is 0. The van der Waals surface area contributed by atoms with E-state index in [1.165, 1.54) is 18.2 Å². The largest absolute Gasteiger partial charge is 0.314 e. The van der Waals surface area contributed by atoms with Gasteiger partial charge in [-0.05, 0) is 12.1 Å². The molecule has 1 saturated heterocycles. The van der Waals surface area contributed by atoms with Crippen molar-refractivity contribution in [3.8, 4) is 0 Å². The van der Waals surface area contributed by atoms with Crippen molar-refractivity contribution in [3.05, 3.63) is 29.6 Å². The highest BCUT2D eigenvalue weighted by molar-refractivity contribution is 7.91. The monoisotopic (exact) mass is 284 g/mol. The molecule has 1 N–H and O–H groups in total. The highest BCUT2D eigenvalue weighted by atomic mass is 32.2. The van der Waals surface area contributed by atoms with E-state index in [-0.39, 0.29) is 16.6 Å². The maximum atomic E-state index is 13.9. The lowest BCUT2D eigenvalue weighted by molar-refractivity contribution is 0.230. The second-order valence-electron chi connectivity index (χ2n) is 5.18. The second kappa shape index (κ2) is 4.85. The molecule has 0 amide bonds. The van der Waals surface area contributed by atoms with Crippen LogP contribution in [0.4, 0.5) is 4.39 Å². The summed E-state index contributed by atoms with van der Waals surface area (Å²) in [6.45, 7) is 4.21. The van der Waals surface area contributed by atoms with Gasteiger partial charge < -0.3 is 10.2 Å². The summed E-state index contributed by atoms with van der Waals surface area (Å²) in [5.74, 6) is -0.592. The third-order valence-electron chi connectivity index (χ3n) is 3.87. The van der Waals surface area contributed by atoms with Crippen molar-refractivity contribution in [2.24, 2.45) is 0 Å². The first kappa shape index (κ1) is 13.0. The molecule has 0 radical (unpaired) electrons. The van der Waals surface area contributed by atoms with Crippen LogP contribution < -0.4 is 5.32 Å². The molecule has 0 bridgehead atoms. The van der Waals surface area contributed by atoms with Crippen molar-refractivity contribution in [2.75, 3.05) is 38.5 Å². The normalized spacial score (nSPS) is 26.3. The number of rotatable bonds is 2. The number of sulfone groups is 1. The molecule has 1 atom stereocenters. The van der Waals surface area contributed by atoms with Gasteiger partial charge in [-0.1, -0.05) is 6.07 Å². The summed E-state index contributed by atoms with van der Waals surface area (Å²) in [4.78, 5) is 2.39. The highest BCUT2D eigenvalue weighted by Gasteiger charge is 2.37. The molecule has 0 aliphatic carbocycles. The number of nitrogens with zero attached hydrogens (tertiary/aromatic N) is 1. The summed E-state index contributed by atoms with van der Waals surface area (Å²) < 4.78 is 38.1. The molecule has 0 saturated carbocycles. The Balaban J connectivity index is 1.89. The van der Waals surface area contributed by atoms with E-state index in [0.29, 0.717) is 12.1 Å². The van der Waals surface area contributed by atoms with Crippen LogP contribution in [0, 0.1) is 5.82 Å². The Morgan fingerprint density at radius 1 is 1.32 bits per heavy atom. The van der Waals surface area contributed by atoms with Crippen LogP contribution >= 0.6 is 0 Å². The molecule has 1 unspecified atom stereocenters. The molecule has 0 spiro atoms. The van der Waals surface area contributed by atoms with Crippen LogP contribution in [0.15, 0.2) is 23.1 Å². The SMILES string of the molecule is O=S1(=O)CC(CN2CCNCC2)c2c(F)cccc21. The first-order chi connectivity index (χ1) is 9.08. The smallest absolute Gasteiger partial charge is 0.179 e. The van der Waals surface area contributed by atoms with E-state index in [0.717, 1.165) is 26.2 Å². The fraction of sp³-hybridized carbons (Fsp3) is 0.538. The highest BCUT2D eigenvalue weighted by Crippen LogP contribution is 2.37. The van der Waals surface area contributed by atoms with E-state index in [1.807, 2.05) is 0 Å². The molecule has 2 aliphatic heterocycles. The van der Waals surface area contributed by atoms with Crippen molar-refractivity contribution >= 4 is 9.84 Å². The van der Waals surface area contributed by atoms with Gasteiger partial charge in [0, 0.05) is 44.2 Å². The topological polar surface area (TPSA) is 49.4 Å². The number of hydrogen-bond donors (Lipinski definition) is 1. The fourth-order valence-electron chi connectivity index (χ4n) is 2.97. The molecule has 1 aromatic rings. The third kappa shape index (κ3) is 2.40. The number of halogens is 1. The quantitative estimate of drug-likeness (QED) is 0.864. The lowest BCUT2D eigenvalue weighted by Gasteiger charge is -2.29. The van der Waals surface area contributed by atoms with Crippen molar-refractivity contribution in [1.82, 2.24) is 10.2 Å². The van der Waals surface area contributed by atoms with Crippen LogP contribution in [-0.4, -0.2) is 51.8 Å². The minimum atomic E-state index is -3.31. The lowest BCUT2D eigenvalue weighted by atomic mass is 10.00. The van der Waals surface area contributed by atoms with Crippen molar-refractivity contribution < 1.29 is 12.8 Å². The van der Waals surface area contributed by atoms with Gasteiger partial charge in [0.2, 0.25) is 0 Å². The van der Waals surface area contributed by atoms with Gasteiger partial charge in [0.15, 0.2) is 9.84 Å². The van der Waals surface area contributed by atoms with Crippen molar-refractivity contribution in [3.63, 3.8) is 0 Å². The van der Waals surface area contributed by atoms with E-state index >= 15 is 0 Å². The Hall–Kier alpha value is -0.980. The van der Waals surface area contributed by atoms with E-state index < -0.39 is 15.7 Å². The predicted molar refractivity (Wildman–Crippen MR) is 70.5 cm³/mol. The van der Waals surface area contributed by atoms with Crippen LogP contribution in [0.5, 0.6) is 0 Å². The average Bonchev–Trinajstić information content (AvgIpc) is 2.63. The summed E-state index contributed by atoms with van der Waals surface area (Å²) in [5, 5.41) is 3.25. The Bertz CT molecular complexity index is 582. The first-order valence-electron chi connectivity index (χ1n) is 6.52. The fourth-order valence-corrected chi connectivity index (χ4v) is 4.84. The maximum absolute atomic E-state index is 13.9. The van der Waals surface area contributed by atoms with Gasteiger partial charge in [0.1, 0.15) is 5.82 Å². The van der Waals surface area contributed by atoms with E-state index in [9.17, 15) is 12.8 Å². The summed E-state index contributed by atoms with van der Waals surface area (Å²) in [6.07, 6.45) is 0. The van der Waals surface area contributed by atoms with Crippen LogP contribution in [0.2, 0.25) is 0 Å². The number of piperazine rings is 1. The summed E-state index contributed by atoms with van der Waals surface area (Å²) in [7, 11) is -3.31. The molecule has 1 fully saturated rings. The van der Waals surface area contributed by atoms with E-state index in [1.54, 1.807) is 0 Å².